The van der Waals surface area contributed by atoms with Gasteiger partial charge in [-0.3, -0.25) is 9.69 Å². The lowest BCUT2D eigenvalue weighted by Crippen LogP contribution is -2.44. The summed E-state index contributed by atoms with van der Waals surface area (Å²) in [6, 6.07) is 19.8. The number of halogens is 1. The van der Waals surface area contributed by atoms with E-state index in [-0.39, 0.29) is 29.6 Å². The van der Waals surface area contributed by atoms with Crippen LogP contribution in [0.2, 0.25) is 0 Å². The topological polar surface area (TPSA) is 143 Å². The van der Waals surface area contributed by atoms with E-state index in [0.717, 1.165) is 72.7 Å². The van der Waals surface area contributed by atoms with Crippen molar-refractivity contribution in [3.05, 3.63) is 106 Å². The molecule has 1 aliphatic rings. The first-order valence-electron chi connectivity index (χ1n) is 20.7. The molecule has 12 nitrogen and oxygen atoms in total. The molecule has 4 heterocycles. The van der Waals surface area contributed by atoms with Crippen molar-refractivity contribution in [2.45, 2.75) is 117 Å². The van der Waals surface area contributed by atoms with Crippen LogP contribution >= 0.6 is 0 Å². The van der Waals surface area contributed by atoms with Crippen molar-refractivity contribution < 1.29 is 18.7 Å². The highest BCUT2D eigenvalue weighted by molar-refractivity contribution is 5.97. The number of ether oxygens (including phenoxy) is 2. The molecule has 2 N–H and O–H groups in total. The normalized spacial score (nSPS) is 14.0. The first-order valence-corrected chi connectivity index (χ1v) is 20.7. The molecular formula is C46H58FN9O3. The lowest BCUT2D eigenvalue weighted by atomic mass is 9.93. The number of nitriles is 1. The van der Waals surface area contributed by atoms with Crippen LogP contribution in [0.5, 0.6) is 5.88 Å². The maximum Gasteiger partial charge on any atom is 0.251 e. The molecular weight excluding hydrogens is 746 g/mol. The number of carbonyl (C=O) groups is 1. The van der Waals surface area contributed by atoms with Crippen molar-refractivity contribution in [3.63, 3.8) is 0 Å². The first-order chi connectivity index (χ1) is 28.2. The summed E-state index contributed by atoms with van der Waals surface area (Å²) in [4.78, 5) is 35.1. The number of imidazole rings is 1. The van der Waals surface area contributed by atoms with Crippen molar-refractivity contribution in [2.75, 3.05) is 31.6 Å². The van der Waals surface area contributed by atoms with E-state index in [4.69, 9.17) is 24.7 Å². The van der Waals surface area contributed by atoms with E-state index in [1.54, 1.807) is 18.2 Å². The van der Waals surface area contributed by atoms with E-state index in [1.807, 2.05) is 70.2 Å². The number of piperidine rings is 1. The van der Waals surface area contributed by atoms with Crippen LogP contribution in [-0.2, 0) is 24.4 Å². The van der Waals surface area contributed by atoms with Gasteiger partial charge in [0, 0.05) is 65.4 Å². The second-order valence-corrected chi connectivity index (χ2v) is 16.9. The minimum atomic E-state index is -0.471. The summed E-state index contributed by atoms with van der Waals surface area (Å²) in [5.41, 5.74) is 5.06. The number of amides is 1. The minimum Gasteiger partial charge on any atom is -0.473 e. The molecule has 312 valence electrons. The second kappa shape index (κ2) is 19.1. The van der Waals surface area contributed by atoms with Gasteiger partial charge in [0.15, 0.2) is 0 Å². The summed E-state index contributed by atoms with van der Waals surface area (Å²) in [5, 5.41) is 15.7. The number of nitrogens with zero attached hydrogens (tertiary/aromatic N) is 7. The molecule has 0 atom stereocenters. The molecule has 2 aromatic carbocycles. The van der Waals surface area contributed by atoms with Gasteiger partial charge in [-0.2, -0.15) is 5.26 Å². The molecule has 5 aromatic rings. The Kier molecular flexibility index (Phi) is 14.0. The highest BCUT2D eigenvalue weighted by Gasteiger charge is 2.26. The fourth-order valence-electron chi connectivity index (χ4n) is 7.68. The van der Waals surface area contributed by atoms with Crippen LogP contribution in [0, 0.1) is 31.0 Å². The highest BCUT2D eigenvalue weighted by atomic mass is 19.1. The smallest absolute Gasteiger partial charge is 0.251 e. The SMILES string of the molecule is CCCC(C)(C)OCCC(C)(C)NC(=O)c1ccc2nc(CN3CCC(c4cccc(OCc5ccc(C#N)cc5F)n4)CC3)n(CCNc3nc(C)cc(C)n3)c2c1. The number of aryl methyl sites for hydroxylation is 2. The summed E-state index contributed by atoms with van der Waals surface area (Å²) in [5.74, 6) is 1.61. The predicted octanol–water partition coefficient (Wildman–Crippen LogP) is 8.41. The number of hydrogen-bond donors (Lipinski definition) is 2. The van der Waals surface area contributed by atoms with Crippen LogP contribution in [0.4, 0.5) is 10.3 Å². The van der Waals surface area contributed by atoms with Gasteiger partial charge in [-0.15, -0.1) is 0 Å². The van der Waals surface area contributed by atoms with E-state index >= 15 is 0 Å². The number of pyridine rings is 1. The quantitative estimate of drug-likeness (QED) is 0.0887. The van der Waals surface area contributed by atoms with Gasteiger partial charge in [-0.1, -0.05) is 25.5 Å². The fourth-order valence-corrected chi connectivity index (χ4v) is 7.68. The first kappa shape index (κ1) is 43.1. The van der Waals surface area contributed by atoms with E-state index in [1.165, 1.54) is 6.07 Å². The van der Waals surface area contributed by atoms with Crippen LogP contribution in [0.1, 0.15) is 117 Å². The third kappa shape index (κ3) is 11.8. The third-order valence-corrected chi connectivity index (χ3v) is 10.9. The number of nitrogens with one attached hydrogen (secondary N) is 2. The highest BCUT2D eigenvalue weighted by Crippen LogP contribution is 2.30. The molecule has 0 radical (unpaired) electrons. The Balaban J connectivity index is 1.13. The summed E-state index contributed by atoms with van der Waals surface area (Å²) >= 11 is 0. The molecule has 13 heteroatoms. The fraction of sp³-hybridized carbons (Fsp3) is 0.478. The van der Waals surface area contributed by atoms with Crippen molar-refractivity contribution >= 4 is 22.9 Å². The van der Waals surface area contributed by atoms with Gasteiger partial charge in [-0.25, -0.2) is 24.3 Å². The van der Waals surface area contributed by atoms with E-state index in [9.17, 15) is 9.18 Å². The number of anilines is 1. The van der Waals surface area contributed by atoms with Crippen molar-refractivity contribution in [1.29, 1.82) is 5.26 Å². The standard InChI is InChI=1S/C46H58FN9O3/c1-8-18-46(6,7)59-24-19-45(4,5)54-43(57)35-14-15-39-40(27-35)56(23-20-49-44-50-31(2)25-32(3)51-44)41(52-39)29-55-21-16-34(17-22-55)38-10-9-11-42(53-38)58-30-36-13-12-33(28-48)26-37(36)47/h9-15,25-27,34H,8,16-24,29-30H2,1-7H3,(H,54,57)(H,49,50,51). The van der Waals surface area contributed by atoms with Gasteiger partial charge in [-0.05, 0) is 123 Å². The number of aromatic nitrogens is 5. The summed E-state index contributed by atoms with van der Waals surface area (Å²) in [6.45, 7) is 18.5. The van der Waals surface area contributed by atoms with Gasteiger partial charge >= 0.3 is 0 Å². The molecule has 6 rings (SSSR count). The number of carbonyl (C=O) groups excluding carboxylic acids is 1. The monoisotopic (exact) mass is 803 g/mol. The Bertz CT molecular complexity index is 2250. The van der Waals surface area contributed by atoms with E-state index in [0.29, 0.717) is 55.6 Å². The average Bonchev–Trinajstić information content (AvgIpc) is 3.52. The van der Waals surface area contributed by atoms with Gasteiger partial charge < -0.3 is 24.7 Å². The van der Waals surface area contributed by atoms with Crippen LogP contribution in [-0.4, -0.2) is 72.7 Å². The van der Waals surface area contributed by atoms with Gasteiger partial charge in [0.2, 0.25) is 11.8 Å². The average molecular weight is 804 g/mol. The lowest BCUT2D eigenvalue weighted by Gasteiger charge is -2.31. The van der Waals surface area contributed by atoms with Crippen molar-refractivity contribution in [1.82, 2.24) is 34.7 Å². The summed E-state index contributed by atoms with van der Waals surface area (Å²) in [6.07, 6.45) is 4.55. The van der Waals surface area contributed by atoms with Crippen LogP contribution in [0.15, 0.2) is 60.7 Å². The molecule has 0 saturated carbocycles. The minimum absolute atomic E-state index is 0.0258. The van der Waals surface area contributed by atoms with Gasteiger partial charge in [0.05, 0.1) is 34.8 Å². The van der Waals surface area contributed by atoms with Crippen molar-refractivity contribution in [2.24, 2.45) is 0 Å². The molecule has 1 saturated heterocycles. The molecule has 3 aromatic heterocycles. The predicted molar refractivity (Wildman–Crippen MR) is 228 cm³/mol. The number of rotatable bonds is 18. The van der Waals surface area contributed by atoms with Crippen molar-refractivity contribution in [3.8, 4) is 11.9 Å². The number of benzene rings is 2. The van der Waals surface area contributed by atoms with E-state index in [2.05, 4.69) is 50.8 Å². The third-order valence-electron chi connectivity index (χ3n) is 10.9. The van der Waals surface area contributed by atoms with Crippen LogP contribution < -0.4 is 15.4 Å². The van der Waals surface area contributed by atoms with Gasteiger partial charge in [0.1, 0.15) is 18.2 Å². The zero-order valence-corrected chi connectivity index (χ0v) is 35.6. The number of fused-ring (bicyclic) bond motifs is 1. The molecule has 0 unspecified atom stereocenters. The molecule has 1 fully saturated rings. The Morgan fingerprint density at radius 2 is 1.73 bits per heavy atom. The molecule has 59 heavy (non-hydrogen) atoms. The number of likely N-dealkylation sites (tertiary alicyclic amines) is 1. The van der Waals surface area contributed by atoms with Crippen LogP contribution in [0.25, 0.3) is 11.0 Å². The Morgan fingerprint density at radius 3 is 2.44 bits per heavy atom. The lowest BCUT2D eigenvalue weighted by molar-refractivity contribution is -0.0307. The largest absolute Gasteiger partial charge is 0.473 e. The summed E-state index contributed by atoms with van der Waals surface area (Å²) < 4.78 is 28.7. The van der Waals surface area contributed by atoms with E-state index < -0.39 is 11.4 Å². The Hall–Kier alpha value is -5.45. The molecule has 0 bridgehead atoms. The molecule has 1 amide bonds. The second-order valence-electron chi connectivity index (χ2n) is 16.9. The molecule has 1 aliphatic heterocycles. The maximum atomic E-state index is 14.4. The number of hydrogen-bond acceptors (Lipinski definition) is 10. The Labute approximate surface area is 347 Å². The molecule has 0 aliphatic carbocycles. The molecule has 0 spiro atoms. The zero-order valence-electron chi connectivity index (χ0n) is 35.6. The van der Waals surface area contributed by atoms with Crippen LogP contribution in [0.3, 0.4) is 0 Å². The maximum absolute atomic E-state index is 14.4. The Morgan fingerprint density at radius 1 is 0.966 bits per heavy atom. The summed E-state index contributed by atoms with van der Waals surface area (Å²) in [7, 11) is 0. The van der Waals surface area contributed by atoms with Gasteiger partial charge in [0.25, 0.3) is 5.91 Å². The zero-order chi connectivity index (χ0) is 42.2.